The standard InChI is InChI=1S/C14H16N2O3S2/c1-9-7-20-11(16-9)3-2-4-15-14(17)13-12-10(8-21-13)18-5-6-19-12/h7-8H,2-6H2,1H3,(H,15,17). The normalized spacial score (nSPS) is 13.2. The number of carbonyl (C=O) groups is 1. The topological polar surface area (TPSA) is 60.5 Å². The average Bonchev–Trinajstić information content (AvgIpc) is 3.09. The van der Waals surface area contributed by atoms with Crippen molar-refractivity contribution in [2.45, 2.75) is 19.8 Å². The maximum atomic E-state index is 12.1. The number of carbonyl (C=O) groups excluding carboxylic acids is 1. The summed E-state index contributed by atoms with van der Waals surface area (Å²) in [6, 6.07) is 0. The van der Waals surface area contributed by atoms with E-state index >= 15 is 0 Å². The Kier molecular flexibility index (Phi) is 4.40. The number of aryl methyl sites for hydroxylation is 2. The summed E-state index contributed by atoms with van der Waals surface area (Å²) in [5.41, 5.74) is 1.06. The van der Waals surface area contributed by atoms with Crippen LogP contribution in [0.3, 0.4) is 0 Å². The van der Waals surface area contributed by atoms with E-state index in [4.69, 9.17) is 9.47 Å². The van der Waals surface area contributed by atoms with Crippen molar-refractivity contribution in [3.05, 3.63) is 26.3 Å². The molecule has 1 N–H and O–H groups in total. The first-order chi connectivity index (χ1) is 10.2. The van der Waals surface area contributed by atoms with E-state index in [1.54, 1.807) is 11.3 Å². The van der Waals surface area contributed by atoms with Crippen molar-refractivity contribution < 1.29 is 14.3 Å². The summed E-state index contributed by atoms with van der Waals surface area (Å²) in [4.78, 5) is 17.1. The van der Waals surface area contributed by atoms with Crippen LogP contribution in [0, 0.1) is 6.92 Å². The highest BCUT2D eigenvalue weighted by molar-refractivity contribution is 7.12. The van der Waals surface area contributed by atoms with E-state index in [-0.39, 0.29) is 5.91 Å². The Morgan fingerprint density at radius 2 is 2.19 bits per heavy atom. The fraction of sp³-hybridized carbons (Fsp3) is 0.429. The van der Waals surface area contributed by atoms with Crippen LogP contribution in [0.2, 0.25) is 0 Å². The molecule has 0 radical (unpaired) electrons. The van der Waals surface area contributed by atoms with Gasteiger partial charge in [0.25, 0.3) is 5.91 Å². The number of fused-ring (bicyclic) bond motifs is 1. The van der Waals surface area contributed by atoms with Gasteiger partial charge in [-0.3, -0.25) is 4.79 Å². The van der Waals surface area contributed by atoms with Crippen LogP contribution in [0.4, 0.5) is 0 Å². The van der Waals surface area contributed by atoms with E-state index in [2.05, 4.69) is 10.3 Å². The first-order valence-electron chi connectivity index (χ1n) is 6.80. The molecule has 0 aromatic carbocycles. The molecule has 1 aliphatic heterocycles. The van der Waals surface area contributed by atoms with Gasteiger partial charge in [-0.1, -0.05) is 0 Å². The Labute approximate surface area is 130 Å². The molecule has 2 aromatic rings. The summed E-state index contributed by atoms with van der Waals surface area (Å²) in [5, 5.41) is 7.91. The van der Waals surface area contributed by atoms with Gasteiger partial charge in [0.1, 0.15) is 18.1 Å². The number of hydrogen-bond acceptors (Lipinski definition) is 6. The van der Waals surface area contributed by atoms with Gasteiger partial charge in [0.05, 0.1) is 5.01 Å². The third-order valence-electron chi connectivity index (χ3n) is 3.03. The Morgan fingerprint density at radius 1 is 1.33 bits per heavy atom. The molecule has 1 aliphatic rings. The van der Waals surface area contributed by atoms with Crippen LogP contribution in [0.15, 0.2) is 10.8 Å². The zero-order valence-corrected chi connectivity index (χ0v) is 13.3. The SMILES string of the molecule is Cc1csc(CCCNC(=O)c2scc3c2OCCO3)n1. The van der Waals surface area contributed by atoms with Gasteiger partial charge in [-0.15, -0.1) is 22.7 Å². The number of amides is 1. The lowest BCUT2D eigenvalue weighted by molar-refractivity contribution is 0.0948. The largest absolute Gasteiger partial charge is 0.485 e. The predicted molar refractivity (Wildman–Crippen MR) is 82.8 cm³/mol. The smallest absolute Gasteiger partial charge is 0.265 e. The van der Waals surface area contributed by atoms with Gasteiger partial charge in [0.2, 0.25) is 0 Å². The second-order valence-electron chi connectivity index (χ2n) is 4.70. The number of thiazole rings is 1. The van der Waals surface area contributed by atoms with E-state index in [1.807, 2.05) is 17.7 Å². The molecule has 1 amide bonds. The van der Waals surface area contributed by atoms with Crippen LogP contribution in [0.25, 0.3) is 0 Å². The lowest BCUT2D eigenvalue weighted by Gasteiger charge is -2.15. The molecule has 2 aromatic heterocycles. The molecule has 0 unspecified atom stereocenters. The molecule has 0 fully saturated rings. The molecule has 0 atom stereocenters. The highest BCUT2D eigenvalue weighted by Gasteiger charge is 2.23. The summed E-state index contributed by atoms with van der Waals surface area (Å²) in [5.74, 6) is 1.16. The number of hydrogen-bond donors (Lipinski definition) is 1. The molecular weight excluding hydrogens is 308 g/mol. The van der Waals surface area contributed by atoms with E-state index in [0.717, 1.165) is 23.5 Å². The highest BCUT2D eigenvalue weighted by atomic mass is 32.1. The van der Waals surface area contributed by atoms with Crippen molar-refractivity contribution in [3.8, 4) is 11.5 Å². The van der Waals surface area contributed by atoms with Crippen molar-refractivity contribution in [2.24, 2.45) is 0 Å². The lowest BCUT2D eigenvalue weighted by atomic mass is 10.3. The number of ether oxygens (including phenoxy) is 2. The molecule has 3 heterocycles. The molecule has 3 rings (SSSR count). The number of rotatable bonds is 5. The summed E-state index contributed by atoms with van der Waals surface area (Å²) in [7, 11) is 0. The van der Waals surface area contributed by atoms with Crippen molar-refractivity contribution in [1.29, 1.82) is 0 Å². The van der Waals surface area contributed by atoms with Crippen LogP contribution in [-0.2, 0) is 6.42 Å². The highest BCUT2D eigenvalue weighted by Crippen LogP contribution is 2.39. The minimum Gasteiger partial charge on any atom is -0.485 e. The zero-order valence-electron chi connectivity index (χ0n) is 11.7. The second-order valence-corrected chi connectivity index (χ2v) is 6.52. The number of nitrogens with one attached hydrogen (secondary N) is 1. The molecule has 0 spiro atoms. The van der Waals surface area contributed by atoms with Gasteiger partial charge in [0.15, 0.2) is 11.5 Å². The Balaban J connectivity index is 1.49. The lowest BCUT2D eigenvalue weighted by Crippen LogP contribution is -2.25. The van der Waals surface area contributed by atoms with Crippen molar-refractivity contribution >= 4 is 28.6 Å². The molecule has 21 heavy (non-hydrogen) atoms. The van der Waals surface area contributed by atoms with E-state index < -0.39 is 0 Å². The maximum Gasteiger partial charge on any atom is 0.265 e. The third kappa shape index (κ3) is 3.36. The molecule has 7 heteroatoms. The average molecular weight is 324 g/mol. The minimum atomic E-state index is -0.0953. The van der Waals surface area contributed by atoms with E-state index in [9.17, 15) is 4.79 Å². The minimum absolute atomic E-state index is 0.0953. The molecule has 112 valence electrons. The van der Waals surface area contributed by atoms with Gasteiger partial charge in [-0.2, -0.15) is 0 Å². The van der Waals surface area contributed by atoms with Gasteiger partial charge in [-0.25, -0.2) is 4.98 Å². The van der Waals surface area contributed by atoms with Crippen LogP contribution < -0.4 is 14.8 Å². The van der Waals surface area contributed by atoms with Gasteiger partial charge in [-0.05, 0) is 13.3 Å². The van der Waals surface area contributed by atoms with Crippen LogP contribution in [-0.4, -0.2) is 30.6 Å². The predicted octanol–water partition coefficient (Wildman–Crippen LogP) is 2.65. The van der Waals surface area contributed by atoms with Gasteiger partial charge < -0.3 is 14.8 Å². The number of aromatic nitrogens is 1. The van der Waals surface area contributed by atoms with Crippen molar-refractivity contribution in [3.63, 3.8) is 0 Å². The second kappa shape index (κ2) is 6.44. The first-order valence-corrected chi connectivity index (χ1v) is 8.56. The Morgan fingerprint density at radius 3 is 3.00 bits per heavy atom. The van der Waals surface area contributed by atoms with Gasteiger partial charge >= 0.3 is 0 Å². The summed E-state index contributed by atoms with van der Waals surface area (Å²) >= 11 is 3.03. The van der Waals surface area contributed by atoms with Crippen molar-refractivity contribution in [1.82, 2.24) is 10.3 Å². The monoisotopic (exact) mass is 324 g/mol. The number of nitrogens with zero attached hydrogens (tertiary/aromatic N) is 1. The summed E-state index contributed by atoms with van der Waals surface area (Å²) in [6.45, 7) is 3.65. The van der Waals surface area contributed by atoms with Crippen LogP contribution in [0.5, 0.6) is 11.5 Å². The molecule has 0 aliphatic carbocycles. The summed E-state index contributed by atoms with van der Waals surface area (Å²) < 4.78 is 10.9. The molecule has 0 saturated heterocycles. The van der Waals surface area contributed by atoms with Crippen LogP contribution in [0.1, 0.15) is 26.8 Å². The zero-order chi connectivity index (χ0) is 14.7. The first kappa shape index (κ1) is 14.3. The van der Waals surface area contributed by atoms with Gasteiger partial charge in [0, 0.05) is 29.4 Å². The number of thiophene rings is 1. The summed E-state index contributed by atoms with van der Waals surface area (Å²) in [6.07, 6.45) is 1.77. The Bertz CT molecular complexity index is 636. The molecule has 0 bridgehead atoms. The quantitative estimate of drug-likeness (QED) is 0.859. The van der Waals surface area contributed by atoms with E-state index in [0.29, 0.717) is 36.1 Å². The fourth-order valence-electron chi connectivity index (χ4n) is 2.06. The maximum absolute atomic E-state index is 12.1. The molecular formula is C14H16N2O3S2. The third-order valence-corrected chi connectivity index (χ3v) is 4.99. The molecule has 5 nitrogen and oxygen atoms in total. The van der Waals surface area contributed by atoms with Crippen molar-refractivity contribution in [2.75, 3.05) is 19.8 Å². The molecule has 0 saturated carbocycles. The van der Waals surface area contributed by atoms with E-state index in [1.165, 1.54) is 11.3 Å². The fourth-order valence-corrected chi connectivity index (χ4v) is 3.72. The van der Waals surface area contributed by atoms with Crippen LogP contribution >= 0.6 is 22.7 Å². The Hall–Kier alpha value is -1.60.